The normalized spacial score (nSPS) is 25.2. The SMILES string of the molecule is CCCCC1(CC)NCCc2ccoc21. The third-order valence-electron chi connectivity index (χ3n) is 3.60. The maximum absolute atomic E-state index is 5.70. The Morgan fingerprint density at radius 3 is 3.07 bits per heavy atom. The van der Waals surface area contributed by atoms with Crippen LogP contribution in [0.2, 0.25) is 0 Å². The van der Waals surface area contributed by atoms with Crippen LogP contribution in [0.5, 0.6) is 0 Å². The zero-order valence-corrected chi connectivity index (χ0v) is 9.81. The van der Waals surface area contributed by atoms with Crippen LogP contribution in [0.1, 0.15) is 50.9 Å². The Morgan fingerprint density at radius 1 is 1.47 bits per heavy atom. The topological polar surface area (TPSA) is 25.2 Å². The van der Waals surface area contributed by atoms with Crippen LogP contribution < -0.4 is 5.32 Å². The van der Waals surface area contributed by atoms with Crippen molar-refractivity contribution in [1.82, 2.24) is 5.32 Å². The highest BCUT2D eigenvalue weighted by molar-refractivity contribution is 5.28. The zero-order chi connectivity index (χ0) is 10.7. The molecule has 1 aliphatic heterocycles. The Labute approximate surface area is 92.1 Å². The summed E-state index contributed by atoms with van der Waals surface area (Å²) in [6.07, 6.45) is 7.78. The smallest absolute Gasteiger partial charge is 0.127 e. The molecule has 2 rings (SSSR count). The second-order valence-electron chi connectivity index (χ2n) is 4.49. The Hall–Kier alpha value is -0.760. The molecule has 84 valence electrons. The molecule has 2 heterocycles. The fourth-order valence-corrected chi connectivity index (χ4v) is 2.61. The number of unbranched alkanes of at least 4 members (excludes halogenated alkanes) is 1. The van der Waals surface area contributed by atoms with E-state index in [9.17, 15) is 0 Å². The Bertz CT molecular complexity index is 318. The second-order valence-corrected chi connectivity index (χ2v) is 4.49. The van der Waals surface area contributed by atoms with Gasteiger partial charge in [-0.25, -0.2) is 0 Å². The lowest BCUT2D eigenvalue weighted by Crippen LogP contribution is -2.46. The molecule has 0 spiro atoms. The first-order valence-electron chi connectivity index (χ1n) is 6.14. The Morgan fingerprint density at radius 2 is 2.33 bits per heavy atom. The standard InChI is InChI=1S/C13H21NO/c1-3-5-8-13(4-2)12-11(6-9-14-13)7-10-15-12/h7,10,14H,3-6,8-9H2,1-2H3. The van der Waals surface area contributed by atoms with Gasteiger partial charge in [0.1, 0.15) is 5.76 Å². The van der Waals surface area contributed by atoms with Crippen molar-refractivity contribution in [3.63, 3.8) is 0 Å². The molecule has 1 unspecified atom stereocenters. The number of rotatable bonds is 4. The number of nitrogens with one attached hydrogen (secondary N) is 1. The highest BCUT2D eigenvalue weighted by Gasteiger charge is 2.36. The fourth-order valence-electron chi connectivity index (χ4n) is 2.61. The molecular formula is C13H21NO. The summed E-state index contributed by atoms with van der Waals surface area (Å²) in [5.41, 5.74) is 1.53. The molecule has 0 fully saturated rings. The van der Waals surface area contributed by atoms with Gasteiger partial charge in [0.15, 0.2) is 0 Å². The zero-order valence-electron chi connectivity index (χ0n) is 9.81. The van der Waals surface area contributed by atoms with E-state index in [1.165, 1.54) is 30.6 Å². The van der Waals surface area contributed by atoms with Gasteiger partial charge in [0, 0.05) is 6.54 Å². The van der Waals surface area contributed by atoms with Crippen LogP contribution in [0.4, 0.5) is 0 Å². The third kappa shape index (κ3) is 1.83. The van der Waals surface area contributed by atoms with E-state index in [4.69, 9.17) is 4.42 Å². The van der Waals surface area contributed by atoms with Crippen LogP contribution in [0, 0.1) is 0 Å². The van der Waals surface area contributed by atoms with Crippen molar-refractivity contribution in [1.29, 1.82) is 0 Å². The van der Waals surface area contributed by atoms with E-state index in [1.54, 1.807) is 0 Å². The molecule has 1 aromatic rings. The number of hydrogen-bond acceptors (Lipinski definition) is 2. The van der Waals surface area contributed by atoms with Crippen molar-refractivity contribution in [2.24, 2.45) is 0 Å². The summed E-state index contributed by atoms with van der Waals surface area (Å²) in [5.74, 6) is 1.20. The van der Waals surface area contributed by atoms with Gasteiger partial charge in [0.05, 0.1) is 11.8 Å². The summed E-state index contributed by atoms with van der Waals surface area (Å²) < 4.78 is 5.70. The van der Waals surface area contributed by atoms with Crippen molar-refractivity contribution in [2.45, 2.75) is 51.5 Å². The van der Waals surface area contributed by atoms with E-state index in [0.717, 1.165) is 19.4 Å². The van der Waals surface area contributed by atoms with Gasteiger partial charge >= 0.3 is 0 Å². The maximum atomic E-state index is 5.70. The Balaban J connectivity index is 2.26. The molecule has 0 radical (unpaired) electrons. The predicted molar refractivity (Wildman–Crippen MR) is 61.9 cm³/mol. The van der Waals surface area contributed by atoms with Gasteiger partial charge < -0.3 is 9.73 Å². The van der Waals surface area contributed by atoms with Gasteiger partial charge in [-0.3, -0.25) is 0 Å². The van der Waals surface area contributed by atoms with Gasteiger partial charge in [-0.15, -0.1) is 0 Å². The van der Waals surface area contributed by atoms with Crippen LogP contribution in [-0.2, 0) is 12.0 Å². The molecule has 0 bridgehead atoms. The fraction of sp³-hybridized carbons (Fsp3) is 0.692. The molecule has 1 aromatic heterocycles. The molecule has 2 nitrogen and oxygen atoms in total. The second kappa shape index (κ2) is 4.40. The predicted octanol–water partition coefficient (Wildman–Crippen LogP) is 3.22. The molecule has 1 atom stereocenters. The summed E-state index contributed by atoms with van der Waals surface area (Å²) in [5, 5.41) is 3.67. The van der Waals surface area contributed by atoms with Crippen molar-refractivity contribution in [3.05, 3.63) is 23.7 Å². The molecule has 0 saturated carbocycles. The Kier molecular flexibility index (Phi) is 3.15. The number of fused-ring (bicyclic) bond motifs is 1. The summed E-state index contributed by atoms with van der Waals surface area (Å²) in [4.78, 5) is 0. The summed E-state index contributed by atoms with van der Waals surface area (Å²) >= 11 is 0. The van der Waals surface area contributed by atoms with E-state index in [2.05, 4.69) is 25.2 Å². The van der Waals surface area contributed by atoms with Crippen LogP contribution in [0.3, 0.4) is 0 Å². The van der Waals surface area contributed by atoms with Crippen molar-refractivity contribution < 1.29 is 4.42 Å². The minimum absolute atomic E-state index is 0.118. The average Bonchev–Trinajstić information content (AvgIpc) is 2.75. The van der Waals surface area contributed by atoms with E-state index in [1.807, 2.05) is 6.26 Å². The highest BCUT2D eigenvalue weighted by Crippen LogP contribution is 2.36. The lowest BCUT2D eigenvalue weighted by atomic mass is 9.82. The molecule has 1 aliphatic rings. The van der Waals surface area contributed by atoms with E-state index < -0.39 is 0 Å². The summed E-state index contributed by atoms with van der Waals surface area (Å²) in [6, 6.07) is 2.13. The molecule has 0 amide bonds. The monoisotopic (exact) mass is 207 g/mol. The maximum Gasteiger partial charge on any atom is 0.127 e. The first-order valence-corrected chi connectivity index (χ1v) is 6.14. The van der Waals surface area contributed by atoms with Crippen LogP contribution >= 0.6 is 0 Å². The molecule has 15 heavy (non-hydrogen) atoms. The van der Waals surface area contributed by atoms with E-state index in [-0.39, 0.29) is 5.54 Å². The third-order valence-corrected chi connectivity index (χ3v) is 3.60. The molecule has 2 heteroatoms. The summed E-state index contributed by atoms with van der Waals surface area (Å²) in [7, 11) is 0. The number of furan rings is 1. The van der Waals surface area contributed by atoms with E-state index >= 15 is 0 Å². The van der Waals surface area contributed by atoms with Crippen LogP contribution in [0.25, 0.3) is 0 Å². The molecular weight excluding hydrogens is 186 g/mol. The minimum atomic E-state index is 0.118. The van der Waals surface area contributed by atoms with Gasteiger partial charge in [-0.2, -0.15) is 0 Å². The average molecular weight is 207 g/mol. The van der Waals surface area contributed by atoms with Crippen LogP contribution in [0.15, 0.2) is 16.7 Å². The van der Waals surface area contributed by atoms with Gasteiger partial charge in [-0.1, -0.05) is 26.7 Å². The molecule has 1 N–H and O–H groups in total. The lowest BCUT2D eigenvalue weighted by Gasteiger charge is -2.36. The summed E-state index contributed by atoms with van der Waals surface area (Å²) in [6.45, 7) is 5.58. The van der Waals surface area contributed by atoms with Gasteiger partial charge in [-0.05, 0) is 30.9 Å². The van der Waals surface area contributed by atoms with Crippen molar-refractivity contribution in [2.75, 3.05) is 6.54 Å². The van der Waals surface area contributed by atoms with Gasteiger partial charge in [0.25, 0.3) is 0 Å². The van der Waals surface area contributed by atoms with E-state index in [0.29, 0.717) is 0 Å². The quantitative estimate of drug-likeness (QED) is 0.820. The first-order chi connectivity index (χ1) is 7.32. The molecule has 0 aromatic carbocycles. The van der Waals surface area contributed by atoms with Crippen molar-refractivity contribution in [3.8, 4) is 0 Å². The van der Waals surface area contributed by atoms with Gasteiger partial charge in [0.2, 0.25) is 0 Å². The number of hydrogen-bond donors (Lipinski definition) is 1. The highest BCUT2D eigenvalue weighted by atomic mass is 16.3. The first kappa shape index (κ1) is 10.7. The molecule has 0 saturated heterocycles. The van der Waals surface area contributed by atoms with Crippen LogP contribution in [-0.4, -0.2) is 6.54 Å². The minimum Gasteiger partial charge on any atom is -0.467 e. The molecule has 0 aliphatic carbocycles. The van der Waals surface area contributed by atoms with Crippen molar-refractivity contribution >= 4 is 0 Å². The lowest BCUT2D eigenvalue weighted by molar-refractivity contribution is 0.222. The largest absolute Gasteiger partial charge is 0.467 e.